The molecule has 0 aliphatic carbocycles. The van der Waals surface area contributed by atoms with Gasteiger partial charge in [-0.2, -0.15) is 4.57 Å². The van der Waals surface area contributed by atoms with E-state index in [1.807, 2.05) is 17.8 Å². The Hall–Kier alpha value is -2.52. The van der Waals surface area contributed by atoms with Crippen LogP contribution in [0.5, 0.6) is 0 Å². The second kappa shape index (κ2) is 7.48. The van der Waals surface area contributed by atoms with Crippen molar-refractivity contribution in [2.75, 3.05) is 11.4 Å². The molecule has 3 heteroatoms. The van der Waals surface area contributed by atoms with Crippen LogP contribution in [0, 0.1) is 20.8 Å². The van der Waals surface area contributed by atoms with Crippen molar-refractivity contribution in [3.63, 3.8) is 0 Å². The van der Waals surface area contributed by atoms with Crippen molar-refractivity contribution < 1.29 is 4.57 Å². The Balaban J connectivity index is 1.87. The number of aromatic nitrogens is 1. The van der Waals surface area contributed by atoms with Gasteiger partial charge >= 0.3 is 0 Å². The maximum atomic E-state index is 3.99. The SMILES string of the molecule is C=CC[n+]1c(/C=C2\Sc3c(C)cc(C)cc3N2CC)ccc2ccc(C)cc21. The molecule has 0 spiro atoms. The minimum Gasteiger partial charge on any atom is -0.335 e. The smallest absolute Gasteiger partial charge is 0.213 e. The second-order valence-corrected chi connectivity index (χ2v) is 8.51. The third-order valence-corrected chi connectivity index (χ3v) is 6.57. The van der Waals surface area contributed by atoms with Crippen LogP contribution < -0.4 is 9.47 Å². The quantitative estimate of drug-likeness (QED) is 0.390. The van der Waals surface area contributed by atoms with Crippen LogP contribution in [0.2, 0.25) is 0 Å². The summed E-state index contributed by atoms with van der Waals surface area (Å²) in [5.74, 6) is 0. The number of allylic oxidation sites excluding steroid dienone is 1. The number of aryl methyl sites for hydroxylation is 3. The predicted molar refractivity (Wildman–Crippen MR) is 122 cm³/mol. The Kier molecular flexibility index (Phi) is 5.03. The number of hydrogen-bond donors (Lipinski definition) is 0. The van der Waals surface area contributed by atoms with Gasteiger partial charge < -0.3 is 4.90 Å². The van der Waals surface area contributed by atoms with E-state index in [4.69, 9.17) is 0 Å². The molecule has 0 amide bonds. The van der Waals surface area contributed by atoms with Crippen molar-refractivity contribution in [2.24, 2.45) is 0 Å². The average Bonchev–Trinajstić information content (AvgIpc) is 3.01. The van der Waals surface area contributed by atoms with Crippen molar-refractivity contribution in [3.8, 4) is 0 Å². The van der Waals surface area contributed by atoms with Gasteiger partial charge in [0, 0.05) is 35.0 Å². The number of thioether (sulfide) groups is 1. The number of benzene rings is 2. The minimum absolute atomic E-state index is 0.793. The molecule has 0 radical (unpaired) electrons. The molecule has 2 heterocycles. The summed E-state index contributed by atoms with van der Waals surface area (Å²) in [4.78, 5) is 3.81. The van der Waals surface area contributed by atoms with Crippen LogP contribution in [0.1, 0.15) is 29.3 Å². The molecule has 0 saturated heterocycles. The Morgan fingerprint density at radius 3 is 2.57 bits per heavy atom. The van der Waals surface area contributed by atoms with Crippen molar-refractivity contribution >= 4 is 34.4 Å². The van der Waals surface area contributed by atoms with E-state index in [9.17, 15) is 0 Å². The molecule has 1 aromatic heterocycles. The minimum atomic E-state index is 0.793. The topological polar surface area (TPSA) is 7.12 Å². The second-order valence-electron chi connectivity index (χ2n) is 7.48. The first-order chi connectivity index (χ1) is 13.5. The third-order valence-electron chi connectivity index (χ3n) is 5.28. The third kappa shape index (κ3) is 3.24. The molecule has 142 valence electrons. The monoisotopic (exact) mass is 387 g/mol. The summed E-state index contributed by atoms with van der Waals surface area (Å²) in [7, 11) is 0. The van der Waals surface area contributed by atoms with E-state index in [1.165, 1.54) is 48.9 Å². The number of fused-ring (bicyclic) bond motifs is 2. The van der Waals surface area contributed by atoms with E-state index >= 15 is 0 Å². The molecule has 28 heavy (non-hydrogen) atoms. The molecule has 3 aromatic rings. The summed E-state index contributed by atoms with van der Waals surface area (Å²) in [5.41, 5.74) is 7.75. The fourth-order valence-electron chi connectivity index (χ4n) is 4.00. The van der Waals surface area contributed by atoms with E-state index < -0.39 is 0 Å². The Morgan fingerprint density at radius 2 is 1.82 bits per heavy atom. The lowest BCUT2D eigenvalue weighted by molar-refractivity contribution is -0.662. The zero-order valence-corrected chi connectivity index (χ0v) is 17.9. The highest BCUT2D eigenvalue weighted by atomic mass is 32.2. The number of nitrogens with zero attached hydrogens (tertiary/aromatic N) is 2. The first-order valence-electron chi connectivity index (χ1n) is 9.84. The lowest BCUT2D eigenvalue weighted by Gasteiger charge is -2.18. The standard InChI is InChI=1S/C25H27N2S/c1-6-12-27-21(11-10-20-9-8-17(3)14-22(20)27)16-24-26(7-2)23-15-18(4)13-19(5)25(23)28-24/h6,8-11,13-16H,1,7,12H2,2-5H3/q+1. The van der Waals surface area contributed by atoms with Crippen molar-refractivity contribution in [3.05, 3.63) is 82.5 Å². The van der Waals surface area contributed by atoms with Crippen LogP contribution in [0.25, 0.3) is 17.0 Å². The summed E-state index contributed by atoms with van der Waals surface area (Å²) in [6.45, 7) is 14.5. The maximum absolute atomic E-state index is 3.99. The summed E-state index contributed by atoms with van der Waals surface area (Å²) < 4.78 is 2.36. The average molecular weight is 388 g/mol. The molecular weight excluding hydrogens is 360 g/mol. The van der Waals surface area contributed by atoms with Gasteiger partial charge in [0.05, 0.1) is 10.7 Å². The first kappa shape index (κ1) is 18.8. The molecule has 2 aromatic carbocycles. The normalized spacial score (nSPS) is 14.7. The van der Waals surface area contributed by atoms with Gasteiger partial charge in [0.15, 0.2) is 6.54 Å². The number of rotatable bonds is 4. The Labute approximate surface area is 172 Å². The Bertz CT molecular complexity index is 1110. The summed E-state index contributed by atoms with van der Waals surface area (Å²) in [6.07, 6.45) is 4.31. The van der Waals surface area contributed by atoms with Crippen LogP contribution in [0.4, 0.5) is 5.69 Å². The maximum Gasteiger partial charge on any atom is 0.213 e. The van der Waals surface area contributed by atoms with Gasteiger partial charge in [0.1, 0.15) is 0 Å². The van der Waals surface area contributed by atoms with Gasteiger partial charge in [-0.15, -0.1) is 0 Å². The lowest BCUT2D eigenvalue weighted by atomic mass is 10.1. The van der Waals surface area contributed by atoms with Crippen molar-refractivity contribution in [2.45, 2.75) is 39.1 Å². The highest BCUT2D eigenvalue weighted by Crippen LogP contribution is 2.48. The van der Waals surface area contributed by atoms with Crippen molar-refractivity contribution in [1.82, 2.24) is 0 Å². The molecule has 1 aliphatic heterocycles. The molecule has 0 saturated carbocycles. The molecule has 2 nitrogen and oxygen atoms in total. The highest BCUT2D eigenvalue weighted by molar-refractivity contribution is 8.04. The fourth-order valence-corrected chi connectivity index (χ4v) is 5.22. The summed E-state index contributed by atoms with van der Waals surface area (Å²) in [6, 6.07) is 15.7. The van der Waals surface area contributed by atoms with Crippen LogP contribution in [0.3, 0.4) is 0 Å². The zero-order chi connectivity index (χ0) is 19.8. The van der Waals surface area contributed by atoms with Gasteiger partial charge in [-0.3, -0.25) is 0 Å². The van der Waals surface area contributed by atoms with E-state index in [1.54, 1.807) is 0 Å². The van der Waals surface area contributed by atoms with Gasteiger partial charge in [-0.25, -0.2) is 0 Å². The predicted octanol–water partition coefficient (Wildman–Crippen LogP) is 6.17. The van der Waals surface area contributed by atoms with Gasteiger partial charge in [-0.05, 0) is 68.7 Å². The molecule has 1 aliphatic rings. The number of pyridine rings is 1. The summed E-state index contributed by atoms with van der Waals surface area (Å²) in [5, 5.41) is 2.55. The molecule has 0 atom stereocenters. The highest BCUT2D eigenvalue weighted by Gasteiger charge is 2.27. The van der Waals surface area contributed by atoms with Crippen molar-refractivity contribution in [1.29, 1.82) is 0 Å². The van der Waals surface area contributed by atoms with Gasteiger partial charge in [0.2, 0.25) is 11.2 Å². The molecule has 0 bridgehead atoms. The first-order valence-corrected chi connectivity index (χ1v) is 10.7. The van der Waals surface area contributed by atoms with Crippen LogP contribution in [-0.2, 0) is 6.54 Å². The summed E-state index contributed by atoms with van der Waals surface area (Å²) >= 11 is 1.88. The number of hydrogen-bond acceptors (Lipinski definition) is 2. The van der Waals surface area contributed by atoms with Crippen LogP contribution >= 0.6 is 11.8 Å². The molecule has 0 unspecified atom stereocenters. The van der Waals surface area contributed by atoms with Crippen LogP contribution in [-0.4, -0.2) is 6.54 Å². The van der Waals surface area contributed by atoms with Gasteiger partial charge in [-0.1, -0.05) is 30.5 Å². The molecule has 0 N–H and O–H groups in total. The molecule has 0 fully saturated rings. The lowest BCUT2D eigenvalue weighted by Crippen LogP contribution is -2.37. The molecule has 4 rings (SSSR count). The zero-order valence-electron chi connectivity index (χ0n) is 17.1. The number of anilines is 1. The van der Waals surface area contributed by atoms with E-state index in [-0.39, 0.29) is 0 Å². The van der Waals surface area contributed by atoms with Crippen LogP contribution in [0.15, 0.2) is 65.0 Å². The largest absolute Gasteiger partial charge is 0.335 e. The van der Waals surface area contributed by atoms with E-state index in [0.717, 1.165) is 13.1 Å². The Morgan fingerprint density at radius 1 is 1.04 bits per heavy atom. The van der Waals surface area contributed by atoms with E-state index in [2.05, 4.69) is 92.3 Å². The fraction of sp³-hybridized carbons (Fsp3) is 0.240. The molecular formula is C25H27N2S+. The van der Waals surface area contributed by atoms with E-state index in [0.29, 0.717) is 0 Å². The van der Waals surface area contributed by atoms with Gasteiger partial charge in [0.25, 0.3) is 0 Å².